The Bertz CT molecular complexity index is 1270. The third kappa shape index (κ3) is 3.40. The van der Waals surface area contributed by atoms with E-state index in [2.05, 4.69) is 110 Å². The summed E-state index contributed by atoms with van der Waals surface area (Å²) in [7, 11) is -2.67. The van der Waals surface area contributed by atoms with Gasteiger partial charge in [-0.15, -0.1) is 29.8 Å². The van der Waals surface area contributed by atoms with E-state index in [9.17, 15) is 0 Å². The fourth-order valence-corrected chi connectivity index (χ4v) is 14.0. The molecule has 0 fully saturated rings. The second-order valence-corrected chi connectivity index (χ2v) is 17.1. The summed E-state index contributed by atoms with van der Waals surface area (Å²) in [5.74, 6) is 0. The van der Waals surface area contributed by atoms with Crippen molar-refractivity contribution in [2.45, 2.75) is 40.8 Å². The van der Waals surface area contributed by atoms with Crippen LogP contribution in [0.2, 0.25) is 6.55 Å². The maximum Gasteiger partial charge on any atom is 0.117 e. The summed E-state index contributed by atoms with van der Waals surface area (Å²) < 4.78 is -0.847. The van der Waals surface area contributed by atoms with Crippen LogP contribution < -0.4 is 0 Å². The number of alkyl halides is 2. The van der Waals surface area contributed by atoms with Crippen molar-refractivity contribution in [1.29, 1.82) is 0 Å². The number of rotatable bonds is 7. The molecule has 2 aliphatic rings. The highest BCUT2D eigenvalue weighted by atomic mass is 35.5. The molecular formula is C33H30Cl2Si. The molecule has 0 N–H and O–H groups in total. The molecule has 0 aromatic heterocycles. The summed E-state index contributed by atoms with van der Waals surface area (Å²) in [5, 5.41) is 0. The Hall–Kier alpha value is -2.58. The minimum atomic E-state index is -2.67. The third-order valence-corrected chi connectivity index (χ3v) is 16.8. The maximum atomic E-state index is 7.70. The number of halogens is 2. The number of unbranched alkanes of at least 4 members (excludes halogenated alkanes) is 1. The summed E-state index contributed by atoms with van der Waals surface area (Å²) in [6.07, 6.45) is 4.59. The van der Waals surface area contributed by atoms with Crippen LogP contribution in [0.15, 0.2) is 110 Å². The van der Waals surface area contributed by atoms with Gasteiger partial charge in [-0.05, 0) is 63.8 Å². The summed E-state index contributed by atoms with van der Waals surface area (Å²) in [6, 6.07) is 35.6. The van der Waals surface area contributed by atoms with Gasteiger partial charge in [-0.25, -0.2) is 0 Å². The predicted molar refractivity (Wildman–Crippen MR) is 158 cm³/mol. The van der Waals surface area contributed by atoms with Crippen LogP contribution in [0.1, 0.15) is 52.6 Å². The van der Waals surface area contributed by atoms with Crippen LogP contribution in [0.4, 0.5) is 0 Å². The standard InChI is InChI=1S/C33H30Cl2Si/c1-3-4-13-22-33(34,35)36(2,31-27-18-9-5-14-23(27)24-15-6-10-19-28(24)31)32-29-20-11-7-16-25(29)26-17-8-12-21-30(26)32/h3,5-12,14-21,31-32H,1,4,13,22H2,2H3. The van der Waals surface area contributed by atoms with Gasteiger partial charge < -0.3 is 0 Å². The average Bonchev–Trinajstić information content (AvgIpc) is 3.42. The zero-order chi connectivity index (χ0) is 24.9. The number of allylic oxidation sites excluding steroid dienone is 1. The largest absolute Gasteiger partial charge is 0.117 e. The molecule has 3 heteroatoms. The molecule has 0 heterocycles. The van der Waals surface area contributed by atoms with Gasteiger partial charge in [0.2, 0.25) is 0 Å². The van der Waals surface area contributed by atoms with Crippen LogP contribution in [0.3, 0.4) is 0 Å². The van der Waals surface area contributed by atoms with Crippen molar-refractivity contribution in [2.75, 3.05) is 0 Å². The average molecular weight is 526 g/mol. The smallest absolute Gasteiger partial charge is 0.106 e. The lowest BCUT2D eigenvalue weighted by atomic mass is 10.1. The van der Waals surface area contributed by atoms with E-state index in [1.165, 1.54) is 44.5 Å². The molecule has 0 spiro atoms. The van der Waals surface area contributed by atoms with E-state index in [0.29, 0.717) is 0 Å². The van der Waals surface area contributed by atoms with Gasteiger partial charge in [0.15, 0.2) is 0 Å². The van der Waals surface area contributed by atoms with Crippen LogP contribution in [0.25, 0.3) is 22.3 Å². The van der Waals surface area contributed by atoms with Crippen molar-refractivity contribution in [3.8, 4) is 22.3 Å². The zero-order valence-corrected chi connectivity index (χ0v) is 23.1. The van der Waals surface area contributed by atoms with Crippen LogP contribution >= 0.6 is 23.2 Å². The van der Waals surface area contributed by atoms with E-state index in [4.69, 9.17) is 23.2 Å². The zero-order valence-electron chi connectivity index (χ0n) is 20.6. The molecule has 0 atom stereocenters. The van der Waals surface area contributed by atoms with Gasteiger partial charge in [0, 0.05) is 11.1 Å². The topological polar surface area (TPSA) is 0 Å². The number of fused-ring (bicyclic) bond motifs is 6. The van der Waals surface area contributed by atoms with Gasteiger partial charge in [-0.3, -0.25) is 0 Å². The van der Waals surface area contributed by atoms with Gasteiger partial charge in [0.25, 0.3) is 0 Å². The van der Waals surface area contributed by atoms with Crippen molar-refractivity contribution in [3.05, 3.63) is 132 Å². The van der Waals surface area contributed by atoms with Crippen LogP contribution in [0.5, 0.6) is 0 Å². The van der Waals surface area contributed by atoms with E-state index in [1.54, 1.807) is 0 Å². The summed E-state index contributed by atoms with van der Waals surface area (Å²) >= 11 is 15.4. The molecule has 0 bridgehead atoms. The Morgan fingerprint density at radius 1 is 0.667 bits per heavy atom. The first-order valence-electron chi connectivity index (χ1n) is 12.8. The lowest BCUT2D eigenvalue weighted by Gasteiger charge is -2.48. The third-order valence-electron chi connectivity index (χ3n) is 8.55. The molecular weight excluding hydrogens is 495 g/mol. The molecule has 2 aliphatic carbocycles. The van der Waals surface area contributed by atoms with Crippen LogP contribution in [0, 0.1) is 0 Å². The minimum Gasteiger partial charge on any atom is -0.106 e. The molecule has 6 rings (SSSR count). The molecule has 0 aliphatic heterocycles. The fraction of sp³-hybridized carbons (Fsp3) is 0.212. The van der Waals surface area contributed by atoms with E-state index < -0.39 is 12.0 Å². The normalized spacial score (nSPS) is 14.8. The van der Waals surface area contributed by atoms with Gasteiger partial charge in [-0.1, -0.05) is 110 Å². The Morgan fingerprint density at radius 3 is 1.33 bits per heavy atom. The molecule has 0 unspecified atom stereocenters. The summed E-state index contributed by atoms with van der Waals surface area (Å²) in [6.45, 7) is 6.42. The highest BCUT2D eigenvalue weighted by Gasteiger charge is 2.61. The second-order valence-electron chi connectivity index (χ2n) is 10.4. The lowest BCUT2D eigenvalue weighted by molar-refractivity contribution is 0.730. The summed E-state index contributed by atoms with van der Waals surface area (Å²) in [5.41, 5.74) is 11.2. The maximum absolute atomic E-state index is 7.70. The molecule has 0 amide bonds. The molecule has 0 saturated heterocycles. The molecule has 0 nitrogen and oxygen atoms in total. The highest BCUT2D eigenvalue weighted by Crippen LogP contribution is 2.62. The van der Waals surface area contributed by atoms with Gasteiger partial charge in [0.05, 0.1) is 0 Å². The Kier molecular flexibility index (Phi) is 5.99. The highest BCUT2D eigenvalue weighted by molar-refractivity contribution is 6.98. The predicted octanol–water partition coefficient (Wildman–Crippen LogP) is 9.84. The molecule has 4 aromatic carbocycles. The first kappa shape index (κ1) is 23.8. The summed E-state index contributed by atoms with van der Waals surface area (Å²) in [4.78, 5) is 0. The van der Waals surface area contributed by atoms with Crippen molar-refractivity contribution >= 4 is 31.3 Å². The quantitative estimate of drug-likeness (QED) is 0.0975. The SMILES string of the molecule is C=CCCCC(Cl)(Cl)[Si](C)(C1c2ccccc2-c2ccccc21)C1c2ccccc2-c2ccccc21. The molecule has 0 radical (unpaired) electrons. The van der Waals surface area contributed by atoms with E-state index in [-0.39, 0.29) is 11.1 Å². The van der Waals surface area contributed by atoms with Crippen LogP contribution in [-0.4, -0.2) is 12.0 Å². The lowest BCUT2D eigenvalue weighted by Crippen LogP contribution is -2.58. The van der Waals surface area contributed by atoms with E-state index >= 15 is 0 Å². The van der Waals surface area contributed by atoms with E-state index in [1.807, 2.05) is 6.08 Å². The second kappa shape index (κ2) is 9.06. The molecule has 4 aromatic rings. The Balaban J connectivity index is 1.65. The van der Waals surface area contributed by atoms with Crippen LogP contribution in [-0.2, 0) is 0 Å². The minimum absolute atomic E-state index is 0.188. The van der Waals surface area contributed by atoms with Crippen molar-refractivity contribution in [2.24, 2.45) is 0 Å². The monoisotopic (exact) mass is 524 g/mol. The number of benzene rings is 4. The molecule has 180 valence electrons. The first-order chi connectivity index (χ1) is 17.5. The number of hydrogen-bond donors (Lipinski definition) is 0. The van der Waals surface area contributed by atoms with Gasteiger partial charge >= 0.3 is 0 Å². The van der Waals surface area contributed by atoms with Crippen molar-refractivity contribution in [1.82, 2.24) is 0 Å². The number of hydrogen-bond acceptors (Lipinski definition) is 0. The molecule has 36 heavy (non-hydrogen) atoms. The molecule has 0 saturated carbocycles. The fourth-order valence-electron chi connectivity index (χ4n) is 6.93. The van der Waals surface area contributed by atoms with Crippen molar-refractivity contribution < 1.29 is 0 Å². The Labute approximate surface area is 225 Å². The van der Waals surface area contributed by atoms with Gasteiger partial charge in [-0.2, -0.15) is 0 Å². The Morgan fingerprint density at radius 2 is 1.00 bits per heavy atom. The van der Waals surface area contributed by atoms with E-state index in [0.717, 1.165) is 19.3 Å². The van der Waals surface area contributed by atoms with Crippen molar-refractivity contribution in [3.63, 3.8) is 0 Å². The van der Waals surface area contributed by atoms with Gasteiger partial charge in [0.1, 0.15) is 12.0 Å². The first-order valence-corrected chi connectivity index (χ1v) is 16.3.